The van der Waals surface area contributed by atoms with Crippen molar-refractivity contribution >= 4 is 16.6 Å². The molecule has 1 heterocycles. The molecule has 0 aliphatic carbocycles. The summed E-state index contributed by atoms with van der Waals surface area (Å²) in [6.45, 7) is 6.46. The zero-order valence-electron chi connectivity index (χ0n) is 9.65. The molecule has 0 aliphatic heterocycles. The molecule has 0 spiro atoms. The van der Waals surface area contributed by atoms with Gasteiger partial charge in [0.15, 0.2) is 0 Å². The van der Waals surface area contributed by atoms with Gasteiger partial charge in [-0.1, -0.05) is 12.6 Å². The molecule has 2 aromatic rings. The number of hydrogen-bond donors (Lipinski definition) is 2. The number of rotatable bonds is 3. The lowest BCUT2D eigenvalue weighted by atomic mass is 10.1. The van der Waals surface area contributed by atoms with Gasteiger partial charge in [-0.3, -0.25) is 4.98 Å². The van der Waals surface area contributed by atoms with Gasteiger partial charge in [0.05, 0.1) is 12.1 Å². The summed E-state index contributed by atoms with van der Waals surface area (Å²) in [5, 5.41) is 12.8. The highest BCUT2D eigenvalue weighted by Gasteiger charge is 2.10. The van der Waals surface area contributed by atoms with Crippen LogP contribution in [-0.2, 0) is 0 Å². The van der Waals surface area contributed by atoms with Crippen molar-refractivity contribution in [2.45, 2.75) is 6.92 Å². The van der Waals surface area contributed by atoms with Gasteiger partial charge in [-0.15, -0.1) is 0 Å². The van der Waals surface area contributed by atoms with E-state index in [1.807, 2.05) is 30.4 Å². The first kappa shape index (κ1) is 13.5. The van der Waals surface area contributed by atoms with Gasteiger partial charge in [-0.2, -0.15) is 0 Å². The molecule has 0 unspecified atom stereocenters. The van der Waals surface area contributed by atoms with Crippen LogP contribution in [0.25, 0.3) is 10.9 Å². The monoisotopic (exact) mass is 250 g/mol. The quantitative estimate of drug-likeness (QED) is 0.661. The molecule has 1 aromatic carbocycles. The summed E-state index contributed by atoms with van der Waals surface area (Å²) in [5.41, 5.74) is 2.94. The molecule has 0 radical (unpaired) electrons. The first-order chi connectivity index (χ1) is 7.74. The minimum absolute atomic E-state index is 0. The number of aromatic nitrogens is 1. The molecule has 90 valence electrons. The van der Waals surface area contributed by atoms with Gasteiger partial charge >= 0.3 is 0 Å². The third-order valence-electron chi connectivity index (χ3n) is 2.61. The maximum absolute atomic E-state index is 9.89. The van der Waals surface area contributed by atoms with Gasteiger partial charge < -0.3 is 22.8 Å². The Labute approximate surface area is 107 Å². The van der Waals surface area contributed by atoms with E-state index >= 15 is 0 Å². The van der Waals surface area contributed by atoms with Crippen LogP contribution in [-0.4, -0.2) is 16.6 Å². The fourth-order valence-corrected chi connectivity index (χ4v) is 1.79. The number of pyridine rings is 1. The normalized spacial score (nSPS) is 9.94. The second-order valence-electron chi connectivity index (χ2n) is 3.75. The van der Waals surface area contributed by atoms with Crippen molar-refractivity contribution in [3.05, 3.63) is 42.6 Å². The van der Waals surface area contributed by atoms with Gasteiger partial charge in [-0.25, -0.2) is 0 Å². The number of phenols is 1. The van der Waals surface area contributed by atoms with Crippen molar-refractivity contribution in [3.63, 3.8) is 0 Å². The number of quaternary nitrogens is 1. The number of aromatic hydroxyl groups is 1. The molecule has 0 aliphatic rings. The molecule has 0 saturated heterocycles. The minimum atomic E-state index is 0. The summed E-state index contributed by atoms with van der Waals surface area (Å²) < 4.78 is 0. The van der Waals surface area contributed by atoms with E-state index in [2.05, 4.69) is 11.6 Å². The Morgan fingerprint density at radius 1 is 1.41 bits per heavy atom. The summed E-state index contributed by atoms with van der Waals surface area (Å²) >= 11 is 0. The average Bonchev–Trinajstić information content (AvgIpc) is 2.31. The Bertz CT molecular complexity index is 540. The van der Waals surface area contributed by atoms with E-state index in [4.69, 9.17) is 0 Å². The van der Waals surface area contributed by atoms with Crippen LogP contribution in [0.15, 0.2) is 37.1 Å². The number of benzene rings is 1. The lowest BCUT2D eigenvalue weighted by molar-refractivity contribution is -0.559. The van der Waals surface area contributed by atoms with Crippen LogP contribution < -0.4 is 17.7 Å². The molecular weight excluding hydrogens is 236 g/mol. The molecular formula is C13H15ClN2O. The number of phenolic OH excluding ortho intramolecular Hbond substituents is 1. The summed E-state index contributed by atoms with van der Waals surface area (Å²) in [6, 6.07) is 5.50. The lowest BCUT2D eigenvalue weighted by Gasteiger charge is -2.06. The highest BCUT2D eigenvalue weighted by molar-refractivity contribution is 5.94. The molecule has 0 amide bonds. The number of halogens is 1. The van der Waals surface area contributed by atoms with Gasteiger partial charge in [0.2, 0.25) is 0 Å². The van der Waals surface area contributed by atoms with Crippen LogP contribution in [0.2, 0.25) is 0 Å². The van der Waals surface area contributed by atoms with Crippen LogP contribution in [0, 0.1) is 6.92 Å². The summed E-state index contributed by atoms with van der Waals surface area (Å²) in [7, 11) is 0. The van der Waals surface area contributed by atoms with E-state index in [1.54, 1.807) is 12.3 Å². The van der Waals surface area contributed by atoms with E-state index in [-0.39, 0.29) is 18.2 Å². The predicted molar refractivity (Wildman–Crippen MR) is 64.8 cm³/mol. The standard InChI is InChI=1S/C13H14N2O.ClH/c1-3-7-14-10-6-8-15-13-9(2)4-5-11(16)12(10)13;/h3-6,8,16H,1,7H2,2H3,(H,14,15);1H. The van der Waals surface area contributed by atoms with Gasteiger partial charge in [0.25, 0.3) is 0 Å². The molecule has 4 heteroatoms. The Hall–Kier alpha value is -1.58. The van der Waals surface area contributed by atoms with Crippen molar-refractivity contribution in [2.75, 3.05) is 6.54 Å². The molecule has 0 atom stereocenters. The Morgan fingerprint density at radius 3 is 2.88 bits per heavy atom. The second-order valence-corrected chi connectivity index (χ2v) is 3.75. The van der Waals surface area contributed by atoms with E-state index in [1.165, 1.54) is 0 Å². The van der Waals surface area contributed by atoms with Crippen molar-refractivity contribution in [3.8, 4) is 5.75 Å². The third kappa shape index (κ3) is 2.57. The number of nitrogens with zero attached hydrogens (tertiary/aromatic N) is 1. The van der Waals surface area contributed by atoms with Crippen LogP contribution in [0.1, 0.15) is 5.56 Å². The third-order valence-corrected chi connectivity index (χ3v) is 2.61. The molecule has 3 N–H and O–H groups in total. The van der Waals surface area contributed by atoms with Crippen LogP contribution >= 0.6 is 0 Å². The van der Waals surface area contributed by atoms with Crippen LogP contribution in [0.4, 0.5) is 5.69 Å². The number of aryl methyl sites for hydroxylation is 1. The van der Waals surface area contributed by atoms with Crippen molar-refractivity contribution in [1.82, 2.24) is 4.98 Å². The topological polar surface area (TPSA) is 49.7 Å². The van der Waals surface area contributed by atoms with E-state index in [9.17, 15) is 5.11 Å². The average molecular weight is 251 g/mol. The zero-order valence-corrected chi connectivity index (χ0v) is 10.4. The smallest absolute Gasteiger partial charge is 0.144 e. The predicted octanol–water partition coefficient (Wildman–Crippen LogP) is -1.37. The molecule has 0 saturated carbocycles. The van der Waals surface area contributed by atoms with Gasteiger partial charge in [0.1, 0.15) is 16.8 Å². The van der Waals surface area contributed by atoms with E-state index in [0.29, 0.717) is 0 Å². The van der Waals surface area contributed by atoms with Crippen molar-refractivity contribution < 1.29 is 22.8 Å². The molecule has 0 bridgehead atoms. The first-order valence-electron chi connectivity index (χ1n) is 5.25. The number of nitrogens with two attached hydrogens (primary N) is 1. The number of fused-ring (bicyclic) bond motifs is 1. The lowest BCUT2D eigenvalue weighted by Crippen LogP contribution is -3.00. The summed E-state index contributed by atoms with van der Waals surface area (Å²) in [4.78, 5) is 4.30. The van der Waals surface area contributed by atoms with Gasteiger partial charge in [-0.05, 0) is 24.6 Å². The van der Waals surface area contributed by atoms with Crippen molar-refractivity contribution in [1.29, 1.82) is 0 Å². The first-order valence-corrected chi connectivity index (χ1v) is 5.25. The maximum atomic E-state index is 9.89. The molecule has 1 aromatic heterocycles. The Morgan fingerprint density at radius 2 is 2.18 bits per heavy atom. The SMILES string of the molecule is C=CC[NH2+]c1ccnc2c(C)ccc(O)c12.[Cl-]. The minimum Gasteiger partial charge on any atom is -1.00 e. The Kier molecular flexibility index (Phi) is 4.49. The van der Waals surface area contributed by atoms with E-state index in [0.717, 1.165) is 28.7 Å². The molecule has 17 heavy (non-hydrogen) atoms. The largest absolute Gasteiger partial charge is 1.00 e. The fourth-order valence-electron chi connectivity index (χ4n) is 1.79. The highest BCUT2D eigenvalue weighted by Crippen LogP contribution is 2.29. The molecule has 2 rings (SSSR count). The van der Waals surface area contributed by atoms with Crippen LogP contribution in [0.3, 0.4) is 0 Å². The zero-order chi connectivity index (χ0) is 11.5. The Balaban J connectivity index is 0.00000144. The molecule has 0 fully saturated rings. The molecule has 3 nitrogen and oxygen atoms in total. The van der Waals surface area contributed by atoms with Crippen molar-refractivity contribution in [2.24, 2.45) is 0 Å². The van der Waals surface area contributed by atoms with Gasteiger partial charge in [0, 0.05) is 12.3 Å². The maximum Gasteiger partial charge on any atom is 0.144 e. The van der Waals surface area contributed by atoms with E-state index < -0.39 is 0 Å². The fraction of sp³-hybridized carbons (Fsp3) is 0.154. The summed E-state index contributed by atoms with van der Waals surface area (Å²) in [5.74, 6) is 0.281. The highest BCUT2D eigenvalue weighted by atomic mass is 35.5. The summed E-state index contributed by atoms with van der Waals surface area (Å²) in [6.07, 6.45) is 3.60. The second kappa shape index (κ2) is 5.66. The number of hydrogen-bond acceptors (Lipinski definition) is 2. The van der Waals surface area contributed by atoms with Crippen LogP contribution in [0.5, 0.6) is 5.75 Å².